The lowest BCUT2D eigenvalue weighted by Crippen LogP contribution is -2.48. The van der Waals surface area contributed by atoms with E-state index in [-0.39, 0.29) is 0 Å². The summed E-state index contributed by atoms with van der Waals surface area (Å²) in [5.74, 6) is 0. The normalized spacial score (nSPS) is 31.5. The van der Waals surface area contributed by atoms with Crippen molar-refractivity contribution in [1.82, 2.24) is 15.1 Å². The number of fused-ring (bicyclic) bond motifs is 2. The Morgan fingerprint density at radius 3 is 2.78 bits per heavy atom. The second kappa shape index (κ2) is 6.85. The summed E-state index contributed by atoms with van der Waals surface area (Å²) in [4.78, 5) is 5.25. The highest BCUT2D eigenvalue weighted by atomic mass is 16.5. The lowest BCUT2D eigenvalue weighted by atomic mass is 10.1. The van der Waals surface area contributed by atoms with E-state index in [1.54, 1.807) is 0 Å². The van der Waals surface area contributed by atoms with Gasteiger partial charge in [-0.2, -0.15) is 0 Å². The van der Waals surface area contributed by atoms with Crippen molar-refractivity contribution in [3.8, 4) is 0 Å². The van der Waals surface area contributed by atoms with E-state index < -0.39 is 0 Å². The van der Waals surface area contributed by atoms with Gasteiger partial charge in [-0.05, 0) is 32.9 Å². The van der Waals surface area contributed by atoms with Crippen molar-refractivity contribution < 1.29 is 4.74 Å². The molecule has 0 aromatic carbocycles. The fraction of sp³-hybridized carbons (Fsp3) is 1.00. The molecule has 18 heavy (non-hydrogen) atoms. The standard InChI is InChI=1S/C14H29N3O/c1-4-15-9-14(11-18-3)17-8-7-12-5-6-13(10-17)16(12)2/h12-15H,4-11H2,1-3H3. The fourth-order valence-electron chi connectivity index (χ4n) is 3.46. The van der Waals surface area contributed by atoms with Gasteiger partial charge in [0.2, 0.25) is 0 Å². The minimum atomic E-state index is 0.530. The number of nitrogens with zero attached hydrogens (tertiary/aromatic N) is 2. The Hall–Kier alpha value is -0.160. The molecule has 0 aliphatic carbocycles. The van der Waals surface area contributed by atoms with Crippen LogP contribution in [-0.4, -0.2) is 74.9 Å². The largest absolute Gasteiger partial charge is 0.383 e. The molecule has 0 radical (unpaired) electrons. The molecule has 2 bridgehead atoms. The van der Waals surface area contributed by atoms with E-state index in [0.717, 1.165) is 31.8 Å². The molecule has 0 aromatic rings. The van der Waals surface area contributed by atoms with E-state index >= 15 is 0 Å². The maximum Gasteiger partial charge on any atom is 0.0630 e. The number of rotatable bonds is 6. The molecule has 4 nitrogen and oxygen atoms in total. The predicted octanol–water partition coefficient (Wildman–Crippen LogP) is 0.779. The van der Waals surface area contributed by atoms with Crippen molar-refractivity contribution in [3.63, 3.8) is 0 Å². The van der Waals surface area contributed by atoms with E-state index in [9.17, 15) is 0 Å². The van der Waals surface area contributed by atoms with Gasteiger partial charge in [-0.15, -0.1) is 0 Å². The quantitative estimate of drug-likeness (QED) is 0.759. The summed E-state index contributed by atoms with van der Waals surface area (Å²) in [7, 11) is 4.12. The number of hydrogen-bond acceptors (Lipinski definition) is 4. The fourth-order valence-corrected chi connectivity index (χ4v) is 3.46. The van der Waals surface area contributed by atoms with Crippen molar-refractivity contribution in [3.05, 3.63) is 0 Å². The lowest BCUT2D eigenvalue weighted by molar-refractivity contribution is 0.0829. The van der Waals surface area contributed by atoms with Gasteiger partial charge in [-0.1, -0.05) is 6.92 Å². The zero-order valence-electron chi connectivity index (χ0n) is 12.2. The third-order valence-corrected chi connectivity index (χ3v) is 4.69. The Morgan fingerprint density at radius 2 is 2.06 bits per heavy atom. The molecule has 3 atom stereocenters. The second-order valence-electron chi connectivity index (χ2n) is 5.75. The molecule has 2 aliphatic rings. The topological polar surface area (TPSA) is 27.7 Å². The molecule has 0 amide bonds. The first-order chi connectivity index (χ1) is 8.76. The first-order valence-corrected chi connectivity index (χ1v) is 7.41. The van der Waals surface area contributed by atoms with Crippen LogP contribution in [0.25, 0.3) is 0 Å². The van der Waals surface area contributed by atoms with Gasteiger partial charge in [-0.3, -0.25) is 9.80 Å². The minimum absolute atomic E-state index is 0.530. The average Bonchev–Trinajstić information content (AvgIpc) is 2.59. The first-order valence-electron chi connectivity index (χ1n) is 7.41. The van der Waals surface area contributed by atoms with Gasteiger partial charge in [-0.25, -0.2) is 0 Å². The van der Waals surface area contributed by atoms with Crippen LogP contribution < -0.4 is 5.32 Å². The summed E-state index contributed by atoms with van der Waals surface area (Å²) < 4.78 is 5.41. The SMILES string of the molecule is CCNCC(COC)N1CCC2CCC(C1)N2C. The van der Waals surface area contributed by atoms with Crippen molar-refractivity contribution >= 4 is 0 Å². The van der Waals surface area contributed by atoms with E-state index in [0.29, 0.717) is 6.04 Å². The summed E-state index contributed by atoms with van der Waals surface area (Å²) in [6, 6.07) is 2.11. The maximum atomic E-state index is 5.41. The summed E-state index contributed by atoms with van der Waals surface area (Å²) in [6.07, 6.45) is 4.09. The smallest absolute Gasteiger partial charge is 0.0630 e. The number of methoxy groups -OCH3 is 1. The average molecular weight is 255 g/mol. The molecule has 0 saturated carbocycles. The second-order valence-corrected chi connectivity index (χ2v) is 5.75. The Labute approximate surface area is 112 Å². The molecule has 0 spiro atoms. The zero-order valence-corrected chi connectivity index (χ0v) is 12.2. The molecule has 2 fully saturated rings. The highest BCUT2D eigenvalue weighted by Gasteiger charge is 2.36. The molecule has 2 aliphatic heterocycles. The van der Waals surface area contributed by atoms with Crippen LogP contribution in [0.5, 0.6) is 0 Å². The van der Waals surface area contributed by atoms with Crippen LogP contribution in [0, 0.1) is 0 Å². The zero-order chi connectivity index (χ0) is 13.0. The van der Waals surface area contributed by atoms with Crippen LogP contribution in [-0.2, 0) is 4.74 Å². The van der Waals surface area contributed by atoms with Gasteiger partial charge in [0.15, 0.2) is 0 Å². The maximum absolute atomic E-state index is 5.41. The number of ether oxygens (including phenoxy) is 1. The number of hydrogen-bond donors (Lipinski definition) is 1. The molecule has 2 heterocycles. The van der Waals surface area contributed by atoms with Crippen molar-refractivity contribution in [2.24, 2.45) is 0 Å². The van der Waals surface area contributed by atoms with E-state index in [2.05, 4.69) is 29.1 Å². The number of nitrogens with one attached hydrogen (secondary N) is 1. The van der Waals surface area contributed by atoms with Crippen molar-refractivity contribution in [2.75, 3.05) is 46.9 Å². The van der Waals surface area contributed by atoms with Gasteiger partial charge in [0.1, 0.15) is 0 Å². The molecular formula is C14H29N3O. The molecule has 2 saturated heterocycles. The summed E-state index contributed by atoms with van der Waals surface area (Å²) in [5, 5.41) is 3.47. The van der Waals surface area contributed by atoms with Crippen LogP contribution in [0.4, 0.5) is 0 Å². The van der Waals surface area contributed by atoms with Gasteiger partial charge < -0.3 is 10.1 Å². The van der Waals surface area contributed by atoms with E-state index in [4.69, 9.17) is 4.74 Å². The van der Waals surface area contributed by atoms with Crippen LogP contribution >= 0.6 is 0 Å². The Balaban J connectivity index is 1.93. The summed E-state index contributed by atoms with van der Waals surface area (Å²) in [6.45, 7) is 7.54. The van der Waals surface area contributed by atoms with Crippen LogP contribution in [0.2, 0.25) is 0 Å². The Kier molecular flexibility index (Phi) is 5.42. The van der Waals surface area contributed by atoms with E-state index in [1.807, 2.05) is 7.11 Å². The highest BCUT2D eigenvalue weighted by Crippen LogP contribution is 2.29. The van der Waals surface area contributed by atoms with Crippen LogP contribution in [0.1, 0.15) is 26.2 Å². The van der Waals surface area contributed by atoms with Crippen LogP contribution in [0.15, 0.2) is 0 Å². The molecule has 106 valence electrons. The minimum Gasteiger partial charge on any atom is -0.383 e. The number of likely N-dealkylation sites (tertiary alicyclic amines) is 1. The Morgan fingerprint density at radius 1 is 1.28 bits per heavy atom. The lowest BCUT2D eigenvalue weighted by Gasteiger charge is -2.33. The highest BCUT2D eigenvalue weighted by molar-refractivity contribution is 4.93. The van der Waals surface area contributed by atoms with Gasteiger partial charge >= 0.3 is 0 Å². The molecule has 3 unspecified atom stereocenters. The van der Waals surface area contributed by atoms with Crippen molar-refractivity contribution in [1.29, 1.82) is 0 Å². The van der Waals surface area contributed by atoms with Crippen molar-refractivity contribution in [2.45, 2.75) is 44.3 Å². The third-order valence-electron chi connectivity index (χ3n) is 4.69. The third kappa shape index (κ3) is 3.23. The number of likely N-dealkylation sites (N-methyl/N-ethyl adjacent to an activating group) is 2. The molecule has 4 heteroatoms. The monoisotopic (exact) mass is 255 g/mol. The summed E-state index contributed by atoms with van der Waals surface area (Å²) >= 11 is 0. The molecule has 2 rings (SSSR count). The summed E-state index contributed by atoms with van der Waals surface area (Å²) in [5.41, 5.74) is 0. The molecule has 1 N–H and O–H groups in total. The van der Waals surface area contributed by atoms with Gasteiger partial charge in [0, 0.05) is 44.9 Å². The molecular weight excluding hydrogens is 226 g/mol. The van der Waals surface area contributed by atoms with Gasteiger partial charge in [0.05, 0.1) is 6.61 Å². The Bertz CT molecular complexity index is 249. The van der Waals surface area contributed by atoms with E-state index in [1.165, 1.54) is 32.4 Å². The predicted molar refractivity (Wildman–Crippen MR) is 75.0 cm³/mol. The van der Waals surface area contributed by atoms with Crippen LogP contribution in [0.3, 0.4) is 0 Å². The first kappa shape index (κ1) is 14.3. The van der Waals surface area contributed by atoms with Gasteiger partial charge in [0.25, 0.3) is 0 Å². The molecule has 0 aromatic heterocycles.